The van der Waals surface area contributed by atoms with Gasteiger partial charge in [0.25, 0.3) is 10.9 Å². The Morgan fingerprint density at radius 2 is 0.952 bits per heavy atom. The molecule has 362 valence electrons. The molecule has 0 aliphatic carbocycles. The largest absolute Gasteiger partial charge is 0.466 e. The summed E-state index contributed by atoms with van der Waals surface area (Å²) >= 11 is 0. The lowest BCUT2D eigenvalue weighted by atomic mass is 9.88. The van der Waals surface area contributed by atoms with Crippen LogP contribution in [0.4, 0.5) is 11.4 Å². The molecule has 0 radical (unpaired) electrons. The van der Waals surface area contributed by atoms with Gasteiger partial charge >= 0.3 is 11.9 Å². The Kier molecular flexibility index (Phi) is 37.3. The lowest BCUT2D eigenvalue weighted by Crippen LogP contribution is -2.37. The van der Waals surface area contributed by atoms with E-state index in [4.69, 9.17) is 9.47 Å². The summed E-state index contributed by atoms with van der Waals surface area (Å²) in [5.74, 6) is 1.21. The standard InChI is InChI=1S/C53H99N3O6/c1-7-10-13-16-20-27-35-47(36-28-21-17-14-11-8-2)62-49(58)38-30-23-19-25-32-42-56(43-33-40-55-51-50(54-6)52(59)53(51)60)41-31-24-18-22-29-37-48(57)61-44-39-46(45(4)5)34-26-15-12-9-3/h45-47,54-55H,7-44H2,1-6H3. The molecular weight excluding hydrogens is 775 g/mol. The van der Waals surface area contributed by atoms with Crippen LogP contribution in [-0.4, -0.2) is 62.8 Å². The van der Waals surface area contributed by atoms with Crippen molar-refractivity contribution in [3.05, 3.63) is 20.4 Å². The number of anilines is 2. The van der Waals surface area contributed by atoms with Crippen molar-refractivity contribution < 1.29 is 19.1 Å². The average Bonchev–Trinajstić information content (AvgIpc) is 3.26. The van der Waals surface area contributed by atoms with Crippen molar-refractivity contribution in [2.75, 3.05) is 50.5 Å². The minimum atomic E-state index is -0.440. The molecule has 1 aromatic rings. The van der Waals surface area contributed by atoms with Crippen LogP contribution in [0.15, 0.2) is 9.59 Å². The Morgan fingerprint density at radius 3 is 1.48 bits per heavy atom. The maximum absolute atomic E-state index is 12.9. The molecule has 0 aliphatic heterocycles. The summed E-state index contributed by atoms with van der Waals surface area (Å²) in [4.78, 5) is 51.6. The molecule has 2 N–H and O–H groups in total. The van der Waals surface area contributed by atoms with Crippen LogP contribution >= 0.6 is 0 Å². The van der Waals surface area contributed by atoms with Crippen LogP contribution in [0, 0.1) is 11.8 Å². The summed E-state index contributed by atoms with van der Waals surface area (Å²) < 4.78 is 11.7. The fraction of sp³-hybridized carbons (Fsp3) is 0.887. The van der Waals surface area contributed by atoms with Gasteiger partial charge in [0.1, 0.15) is 17.5 Å². The lowest BCUT2D eigenvalue weighted by molar-refractivity contribution is -0.150. The highest BCUT2D eigenvalue weighted by Gasteiger charge is 2.19. The van der Waals surface area contributed by atoms with E-state index < -0.39 is 10.9 Å². The predicted octanol–water partition coefficient (Wildman–Crippen LogP) is 13.7. The first-order chi connectivity index (χ1) is 30.2. The first kappa shape index (κ1) is 57.6. The van der Waals surface area contributed by atoms with Crippen molar-refractivity contribution in [2.24, 2.45) is 11.8 Å². The number of hydrogen-bond acceptors (Lipinski definition) is 9. The van der Waals surface area contributed by atoms with Crippen LogP contribution in [-0.2, 0) is 19.1 Å². The molecule has 0 aromatic heterocycles. The van der Waals surface area contributed by atoms with Crippen LogP contribution in [0.1, 0.15) is 247 Å². The number of nitrogens with zero attached hydrogens (tertiary/aromatic N) is 1. The second-order valence-corrected chi connectivity index (χ2v) is 18.9. The van der Waals surface area contributed by atoms with Gasteiger partial charge in [0.2, 0.25) is 0 Å². The molecule has 62 heavy (non-hydrogen) atoms. The second kappa shape index (κ2) is 40.1. The van der Waals surface area contributed by atoms with Crippen molar-refractivity contribution in [3.8, 4) is 0 Å². The molecule has 1 rings (SSSR count). The van der Waals surface area contributed by atoms with E-state index in [-0.39, 0.29) is 18.0 Å². The van der Waals surface area contributed by atoms with Gasteiger partial charge in [-0.25, -0.2) is 0 Å². The summed E-state index contributed by atoms with van der Waals surface area (Å²) in [6, 6.07) is 0. The van der Waals surface area contributed by atoms with Crippen molar-refractivity contribution in [1.29, 1.82) is 0 Å². The number of ether oxygens (including phenoxy) is 2. The molecule has 1 atom stereocenters. The number of rotatable bonds is 46. The average molecular weight is 874 g/mol. The normalized spacial score (nSPS) is 12.2. The summed E-state index contributed by atoms with van der Waals surface area (Å²) in [5.41, 5.74) is -0.0605. The maximum atomic E-state index is 12.9. The number of unbranched alkanes of at least 4 members (excludes halogenated alkanes) is 21. The number of esters is 2. The molecule has 0 aliphatic rings. The minimum Gasteiger partial charge on any atom is -0.466 e. The van der Waals surface area contributed by atoms with Gasteiger partial charge in [0.05, 0.1) is 6.61 Å². The Labute approximate surface area is 381 Å². The molecule has 9 heteroatoms. The molecule has 0 saturated heterocycles. The number of hydrogen-bond donors (Lipinski definition) is 2. The highest BCUT2D eigenvalue weighted by molar-refractivity contribution is 5.73. The van der Waals surface area contributed by atoms with Crippen LogP contribution in [0.3, 0.4) is 0 Å². The molecule has 0 heterocycles. The quantitative estimate of drug-likeness (QED) is 0.0375. The van der Waals surface area contributed by atoms with Crippen molar-refractivity contribution in [2.45, 2.75) is 253 Å². The lowest BCUT2D eigenvalue weighted by Gasteiger charge is -2.23. The predicted molar refractivity (Wildman–Crippen MR) is 264 cm³/mol. The Bertz CT molecular complexity index is 1260. The minimum absolute atomic E-state index is 0.00385. The summed E-state index contributed by atoms with van der Waals surface area (Å²) in [6.07, 6.45) is 37.3. The van der Waals surface area contributed by atoms with Crippen molar-refractivity contribution in [3.63, 3.8) is 0 Å². The molecule has 0 saturated carbocycles. The second-order valence-electron chi connectivity index (χ2n) is 18.9. The van der Waals surface area contributed by atoms with E-state index in [9.17, 15) is 19.2 Å². The summed E-state index contributed by atoms with van der Waals surface area (Å²) in [6.45, 7) is 15.5. The van der Waals surface area contributed by atoms with Crippen LogP contribution in [0.25, 0.3) is 0 Å². The van der Waals surface area contributed by atoms with E-state index in [0.29, 0.717) is 49.2 Å². The topological polar surface area (TPSA) is 114 Å². The van der Waals surface area contributed by atoms with Crippen molar-refractivity contribution in [1.82, 2.24) is 4.90 Å². The van der Waals surface area contributed by atoms with Crippen molar-refractivity contribution >= 4 is 23.3 Å². The molecule has 1 unspecified atom stereocenters. The maximum Gasteiger partial charge on any atom is 0.306 e. The summed E-state index contributed by atoms with van der Waals surface area (Å²) in [5, 5.41) is 6.02. The van der Waals surface area contributed by atoms with Gasteiger partial charge in [0.15, 0.2) is 0 Å². The van der Waals surface area contributed by atoms with Gasteiger partial charge in [-0.05, 0) is 95.7 Å². The third-order valence-electron chi connectivity index (χ3n) is 13.0. The molecule has 0 spiro atoms. The fourth-order valence-corrected chi connectivity index (χ4v) is 8.77. The Morgan fingerprint density at radius 1 is 0.516 bits per heavy atom. The Balaban J connectivity index is 2.41. The first-order valence-corrected chi connectivity index (χ1v) is 26.5. The van der Waals surface area contributed by atoms with Gasteiger partial charge < -0.3 is 25.0 Å². The van der Waals surface area contributed by atoms with E-state index in [1.54, 1.807) is 7.05 Å². The van der Waals surface area contributed by atoms with Crippen LogP contribution in [0.5, 0.6) is 0 Å². The van der Waals surface area contributed by atoms with E-state index in [1.165, 1.54) is 96.3 Å². The highest BCUT2D eigenvalue weighted by Crippen LogP contribution is 2.23. The van der Waals surface area contributed by atoms with Gasteiger partial charge in [-0.2, -0.15) is 0 Å². The zero-order valence-electron chi connectivity index (χ0n) is 41.5. The van der Waals surface area contributed by atoms with Gasteiger partial charge in [-0.15, -0.1) is 0 Å². The molecule has 0 amide bonds. The van der Waals surface area contributed by atoms with E-state index >= 15 is 0 Å². The van der Waals surface area contributed by atoms with Gasteiger partial charge in [-0.1, -0.05) is 169 Å². The molecular formula is C53H99N3O6. The third kappa shape index (κ3) is 29.9. The molecule has 9 nitrogen and oxygen atoms in total. The van der Waals surface area contributed by atoms with E-state index in [0.717, 1.165) is 122 Å². The Hall–Kier alpha value is -2.42. The van der Waals surface area contributed by atoms with E-state index in [1.807, 2.05) is 0 Å². The zero-order valence-corrected chi connectivity index (χ0v) is 41.5. The fourth-order valence-electron chi connectivity index (χ4n) is 8.77. The molecule has 1 aromatic carbocycles. The van der Waals surface area contributed by atoms with Gasteiger partial charge in [0, 0.05) is 26.4 Å². The SMILES string of the molecule is CCCCCCCCC(CCCCCCCC)OC(=O)CCCCCCCN(CCCCCCCC(=O)OCCC(CCCCCC)C(C)C)CCCNc1c(NC)c(=O)c1=O. The zero-order chi connectivity index (χ0) is 45.5. The number of carbonyl (C=O) groups is 2. The van der Waals surface area contributed by atoms with Crippen LogP contribution < -0.4 is 21.5 Å². The highest BCUT2D eigenvalue weighted by atomic mass is 16.5. The van der Waals surface area contributed by atoms with Crippen LogP contribution in [0.2, 0.25) is 0 Å². The first-order valence-electron chi connectivity index (χ1n) is 26.5. The molecule has 0 fully saturated rings. The van der Waals surface area contributed by atoms with Gasteiger partial charge in [-0.3, -0.25) is 19.2 Å². The van der Waals surface area contributed by atoms with E-state index in [2.05, 4.69) is 50.2 Å². The number of carbonyl (C=O) groups excluding carboxylic acids is 2. The smallest absolute Gasteiger partial charge is 0.306 e. The summed E-state index contributed by atoms with van der Waals surface area (Å²) in [7, 11) is 1.67. The monoisotopic (exact) mass is 874 g/mol. The number of nitrogens with one attached hydrogen (secondary N) is 2. The molecule has 0 bridgehead atoms. The third-order valence-corrected chi connectivity index (χ3v) is 13.0.